The number of rotatable bonds is 2. The first kappa shape index (κ1) is 15.5. The molecule has 0 saturated carbocycles. The van der Waals surface area contributed by atoms with E-state index >= 15 is 0 Å². The number of benzene rings is 1. The normalized spacial score (nSPS) is 16.1. The summed E-state index contributed by atoms with van der Waals surface area (Å²) in [6, 6.07) is 9.72. The van der Waals surface area contributed by atoms with Crippen LogP contribution in [0.4, 0.5) is 5.69 Å². The zero-order valence-electron chi connectivity index (χ0n) is 14.1. The van der Waals surface area contributed by atoms with Crippen LogP contribution in [0.25, 0.3) is 5.69 Å². The zero-order chi connectivity index (χ0) is 16.8. The Labute approximate surface area is 136 Å². The van der Waals surface area contributed by atoms with Crippen LogP contribution in [0.2, 0.25) is 0 Å². The largest absolute Gasteiger partial charge is 0.326 e. The molecule has 4 heteroatoms. The Morgan fingerprint density at radius 1 is 1.17 bits per heavy atom. The van der Waals surface area contributed by atoms with Crippen molar-refractivity contribution in [1.29, 1.82) is 0 Å². The van der Waals surface area contributed by atoms with E-state index in [0.29, 0.717) is 6.42 Å². The van der Waals surface area contributed by atoms with E-state index in [9.17, 15) is 9.59 Å². The highest BCUT2D eigenvalue weighted by Gasteiger charge is 2.34. The van der Waals surface area contributed by atoms with Gasteiger partial charge in [-0.3, -0.25) is 9.59 Å². The van der Waals surface area contributed by atoms with Crippen LogP contribution >= 0.6 is 0 Å². The summed E-state index contributed by atoms with van der Waals surface area (Å²) in [6.07, 6.45) is 1.49. The van der Waals surface area contributed by atoms with Crippen molar-refractivity contribution in [1.82, 2.24) is 4.57 Å². The minimum Gasteiger partial charge on any atom is -0.326 e. The Hall–Kier alpha value is -2.36. The van der Waals surface area contributed by atoms with Gasteiger partial charge in [-0.25, -0.2) is 0 Å². The highest BCUT2D eigenvalue weighted by atomic mass is 16.1. The van der Waals surface area contributed by atoms with E-state index in [-0.39, 0.29) is 17.1 Å². The zero-order valence-corrected chi connectivity index (χ0v) is 14.1. The molecular formula is C19H22N2O2. The van der Waals surface area contributed by atoms with Crippen LogP contribution in [0.5, 0.6) is 0 Å². The van der Waals surface area contributed by atoms with Crippen LogP contribution in [-0.2, 0) is 11.2 Å². The van der Waals surface area contributed by atoms with Crippen molar-refractivity contribution in [3.8, 4) is 5.69 Å². The van der Waals surface area contributed by atoms with Gasteiger partial charge in [0.05, 0.1) is 0 Å². The first-order chi connectivity index (χ1) is 10.8. The number of nitrogens with one attached hydrogen (secondary N) is 1. The van der Waals surface area contributed by atoms with Gasteiger partial charge in [0.15, 0.2) is 5.78 Å². The lowest BCUT2D eigenvalue weighted by atomic mass is 9.76. The summed E-state index contributed by atoms with van der Waals surface area (Å²) >= 11 is 0. The second-order valence-electron chi connectivity index (χ2n) is 7.15. The van der Waals surface area contributed by atoms with Gasteiger partial charge in [0.1, 0.15) is 0 Å². The summed E-state index contributed by atoms with van der Waals surface area (Å²) in [6.45, 7) is 7.80. The van der Waals surface area contributed by atoms with E-state index < -0.39 is 0 Å². The molecule has 0 saturated heterocycles. The second kappa shape index (κ2) is 5.37. The maximum atomic E-state index is 12.4. The predicted molar refractivity (Wildman–Crippen MR) is 91.2 cm³/mol. The molecule has 0 radical (unpaired) electrons. The van der Waals surface area contributed by atoms with Gasteiger partial charge in [-0.2, -0.15) is 0 Å². The maximum absolute atomic E-state index is 12.4. The standard InChI is InChI=1S/C19H22N2O2/c1-12-9-16-17(10-19(3,4)11-18(16)23)21(12)15-7-5-14(6-8-15)20-13(2)22/h5-9H,10-11H2,1-4H3,(H,20,22). The fourth-order valence-electron chi connectivity index (χ4n) is 3.41. The average Bonchev–Trinajstić information content (AvgIpc) is 2.74. The Morgan fingerprint density at radius 2 is 1.83 bits per heavy atom. The molecule has 1 aromatic heterocycles. The van der Waals surface area contributed by atoms with Crippen LogP contribution in [-0.4, -0.2) is 16.3 Å². The molecule has 0 unspecified atom stereocenters. The van der Waals surface area contributed by atoms with Gasteiger partial charge in [-0.05, 0) is 49.1 Å². The molecule has 1 N–H and O–H groups in total. The summed E-state index contributed by atoms with van der Waals surface area (Å²) in [7, 11) is 0. The van der Waals surface area contributed by atoms with Crippen molar-refractivity contribution in [3.63, 3.8) is 0 Å². The third-order valence-electron chi connectivity index (χ3n) is 4.32. The summed E-state index contributed by atoms with van der Waals surface area (Å²) in [5.74, 6) is 0.146. The van der Waals surface area contributed by atoms with Gasteiger partial charge in [-0.15, -0.1) is 0 Å². The van der Waals surface area contributed by atoms with Crippen LogP contribution in [0.3, 0.4) is 0 Å². The lowest BCUT2D eigenvalue weighted by Gasteiger charge is -2.30. The number of hydrogen-bond acceptors (Lipinski definition) is 2. The van der Waals surface area contributed by atoms with Gasteiger partial charge in [0.2, 0.25) is 5.91 Å². The van der Waals surface area contributed by atoms with Gasteiger partial charge in [-0.1, -0.05) is 13.8 Å². The van der Waals surface area contributed by atoms with Crippen molar-refractivity contribution in [2.45, 2.75) is 40.5 Å². The smallest absolute Gasteiger partial charge is 0.221 e. The number of Topliss-reactive ketones (excluding diaryl/α,β-unsaturated/α-hetero) is 1. The summed E-state index contributed by atoms with van der Waals surface area (Å²) in [5.41, 5.74) is 4.79. The minimum absolute atomic E-state index is 0.0112. The molecule has 0 spiro atoms. The lowest BCUT2D eigenvalue weighted by molar-refractivity contribution is -0.114. The summed E-state index contributed by atoms with van der Waals surface area (Å²) in [5, 5.41) is 2.77. The number of ketones is 1. The molecule has 1 aliphatic rings. The number of carbonyl (C=O) groups is 2. The van der Waals surface area contributed by atoms with Crippen molar-refractivity contribution < 1.29 is 9.59 Å². The van der Waals surface area contributed by atoms with Crippen molar-refractivity contribution in [2.24, 2.45) is 5.41 Å². The topological polar surface area (TPSA) is 51.1 Å². The Kier molecular flexibility index (Phi) is 3.63. The number of fused-ring (bicyclic) bond motifs is 1. The molecule has 4 nitrogen and oxygen atoms in total. The molecule has 1 aromatic carbocycles. The lowest BCUT2D eigenvalue weighted by Crippen LogP contribution is -2.27. The van der Waals surface area contributed by atoms with Crippen molar-refractivity contribution in [3.05, 3.63) is 47.3 Å². The average molecular weight is 310 g/mol. The predicted octanol–water partition coefficient (Wildman–Crippen LogP) is 3.90. The van der Waals surface area contributed by atoms with E-state index in [1.807, 2.05) is 37.3 Å². The highest BCUT2D eigenvalue weighted by Crippen LogP contribution is 2.37. The molecule has 0 fully saturated rings. The molecule has 0 atom stereocenters. The number of hydrogen-bond donors (Lipinski definition) is 1. The fraction of sp³-hybridized carbons (Fsp3) is 0.368. The SMILES string of the molecule is CC(=O)Nc1ccc(-n2c(C)cc3c2CC(C)(C)CC3=O)cc1. The number of anilines is 1. The number of carbonyl (C=O) groups excluding carboxylic acids is 2. The summed E-state index contributed by atoms with van der Waals surface area (Å²) < 4.78 is 2.16. The van der Waals surface area contributed by atoms with Crippen molar-refractivity contribution in [2.75, 3.05) is 5.32 Å². The first-order valence-electron chi connectivity index (χ1n) is 7.89. The van der Waals surface area contributed by atoms with Crippen LogP contribution < -0.4 is 5.32 Å². The first-order valence-corrected chi connectivity index (χ1v) is 7.89. The van der Waals surface area contributed by atoms with Gasteiger partial charge in [0.25, 0.3) is 0 Å². The molecule has 3 rings (SSSR count). The fourth-order valence-corrected chi connectivity index (χ4v) is 3.41. The Bertz CT molecular complexity index is 782. The molecule has 2 aromatic rings. The van der Waals surface area contributed by atoms with E-state index in [1.54, 1.807) is 0 Å². The molecule has 1 amide bonds. The minimum atomic E-state index is -0.0837. The Morgan fingerprint density at radius 3 is 2.43 bits per heavy atom. The quantitative estimate of drug-likeness (QED) is 0.914. The summed E-state index contributed by atoms with van der Waals surface area (Å²) in [4.78, 5) is 23.5. The van der Waals surface area contributed by atoms with Gasteiger partial charge in [0, 0.05) is 41.7 Å². The maximum Gasteiger partial charge on any atom is 0.221 e. The third kappa shape index (κ3) is 2.93. The van der Waals surface area contributed by atoms with Crippen LogP contribution in [0.1, 0.15) is 48.9 Å². The Balaban J connectivity index is 2.04. The molecule has 23 heavy (non-hydrogen) atoms. The molecule has 0 bridgehead atoms. The molecule has 1 aliphatic carbocycles. The number of amides is 1. The van der Waals surface area contributed by atoms with Crippen LogP contribution in [0, 0.1) is 12.3 Å². The number of aromatic nitrogens is 1. The van der Waals surface area contributed by atoms with E-state index in [2.05, 4.69) is 23.7 Å². The molecule has 0 aliphatic heterocycles. The van der Waals surface area contributed by atoms with E-state index in [1.165, 1.54) is 6.92 Å². The highest BCUT2D eigenvalue weighted by molar-refractivity contribution is 5.99. The van der Waals surface area contributed by atoms with E-state index in [4.69, 9.17) is 0 Å². The van der Waals surface area contributed by atoms with Crippen LogP contribution in [0.15, 0.2) is 30.3 Å². The monoisotopic (exact) mass is 310 g/mol. The number of aryl methyl sites for hydroxylation is 1. The molecule has 120 valence electrons. The van der Waals surface area contributed by atoms with E-state index in [0.717, 1.165) is 34.7 Å². The van der Waals surface area contributed by atoms with Crippen molar-refractivity contribution >= 4 is 17.4 Å². The molecule has 1 heterocycles. The van der Waals surface area contributed by atoms with Gasteiger partial charge < -0.3 is 9.88 Å². The number of nitrogens with zero attached hydrogens (tertiary/aromatic N) is 1. The molecular weight excluding hydrogens is 288 g/mol. The second-order valence-corrected chi connectivity index (χ2v) is 7.15. The van der Waals surface area contributed by atoms with Gasteiger partial charge >= 0.3 is 0 Å². The third-order valence-corrected chi connectivity index (χ3v) is 4.32.